The number of carbonyl (C=O) groups is 2. The average molecular weight is 310 g/mol. The highest BCUT2D eigenvalue weighted by atomic mass is 16.1. The predicted molar refractivity (Wildman–Crippen MR) is 96.7 cm³/mol. The molecule has 0 heterocycles. The highest BCUT2D eigenvalue weighted by Gasteiger charge is 2.19. The molecule has 24 heavy (non-hydrogen) atoms. The summed E-state index contributed by atoms with van der Waals surface area (Å²) in [5.41, 5.74) is 5.50. The summed E-state index contributed by atoms with van der Waals surface area (Å²) >= 11 is 0. The molecule has 0 saturated heterocycles. The van der Waals surface area contributed by atoms with Crippen LogP contribution in [0, 0.1) is 0 Å². The zero-order valence-electron chi connectivity index (χ0n) is 12.9. The highest BCUT2D eigenvalue weighted by molar-refractivity contribution is 6.15. The first-order valence-corrected chi connectivity index (χ1v) is 7.79. The molecular weight excluding hydrogens is 296 g/mol. The Hall–Kier alpha value is -3.26. The van der Waals surface area contributed by atoms with Gasteiger partial charge >= 0.3 is 0 Å². The Morgan fingerprint density at radius 1 is 0.458 bits per heavy atom. The van der Waals surface area contributed by atoms with Gasteiger partial charge in [0.1, 0.15) is 0 Å². The van der Waals surface area contributed by atoms with Crippen molar-refractivity contribution in [3.8, 4) is 22.3 Å². The molecule has 5 rings (SSSR count). The number of hydrogen-bond donors (Lipinski definition) is 0. The molecular formula is C22H14O2. The number of rotatable bonds is 0. The molecule has 0 bridgehead atoms. The maximum Gasteiger partial charge on any atom is 0.178 e. The van der Waals surface area contributed by atoms with E-state index in [0.29, 0.717) is 0 Å². The molecule has 0 amide bonds. The second-order valence-electron chi connectivity index (χ2n) is 5.73. The molecule has 3 aromatic carbocycles. The van der Waals surface area contributed by atoms with E-state index in [1.807, 2.05) is 0 Å². The Bertz CT molecular complexity index is 943. The van der Waals surface area contributed by atoms with E-state index >= 15 is 0 Å². The monoisotopic (exact) mass is 310 g/mol. The first kappa shape index (κ1) is 14.3. The third-order valence-corrected chi connectivity index (χ3v) is 4.24. The largest absolute Gasteiger partial charge is 0.290 e. The topological polar surface area (TPSA) is 34.1 Å². The zero-order valence-corrected chi connectivity index (χ0v) is 12.9. The Labute approximate surface area is 139 Å². The quantitative estimate of drug-likeness (QED) is 0.440. The fourth-order valence-electron chi connectivity index (χ4n) is 3.18. The lowest BCUT2D eigenvalue weighted by atomic mass is 10.0. The minimum absolute atomic E-state index is 0.121. The van der Waals surface area contributed by atoms with Crippen molar-refractivity contribution in [3.63, 3.8) is 0 Å². The highest BCUT2D eigenvalue weighted by Crippen LogP contribution is 2.46. The van der Waals surface area contributed by atoms with Crippen molar-refractivity contribution in [2.24, 2.45) is 0 Å². The molecule has 2 nitrogen and oxygen atoms in total. The number of benzene rings is 3. The minimum atomic E-state index is -0.121. The van der Waals surface area contributed by atoms with Crippen LogP contribution in [0.2, 0.25) is 0 Å². The van der Waals surface area contributed by atoms with Gasteiger partial charge in [-0.2, -0.15) is 0 Å². The van der Waals surface area contributed by atoms with E-state index in [-0.39, 0.29) is 11.6 Å². The van der Waals surface area contributed by atoms with Crippen molar-refractivity contribution >= 4 is 22.3 Å². The van der Waals surface area contributed by atoms with Crippen LogP contribution in [-0.4, -0.2) is 11.6 Å². The number of hydrogen-bond acceptors (Lipinski definition) is 2. The van der Waals surface area contributed by atoms with E-state index in [9.17, 15) is 9.59 Å². The van der Waals surface area contributed by atoms with Gasteiger partial charge < -0.3 is 0 Å². The summed E-state index contributed by atoms with van der Waals surface area (Å²) in [7, 11) is 0. The molecule has 2 aliphatic carbocycles. The van der Waals surface area contributed by atoms with Gasteiger partial charge in [0.25, 0.3) is 0 Å². The lowest BCUT2D eigenvalue weighted by molar-refractivity contribution is -0.113. The second-order valence-corrected chi connectivity index (χ2v) is 5.73. The molecule has 0 aliphatic heterocycles. The summed E-state index contributed by atoms with van der Waals surface area (Å²) in [5.74, 6) is -0.241. The molecule has 0 atom stereocenters. The number of fused-ring (bicyclic) bond motifs is 3. The Balaban J connectivity index is 0.000000155. The van der Waals surface area contributed by atoms with Gasteiger partial charge in [-0.05, 0) is 57.3 Å². The number of ketones is 2. The molecule has 2 aliphatic rings. The van der Waals surface area contributed by atoms with Gasteiger partial charge in [-0.25, -0.2) is 0 Å². The summed E-state index contributed by atoms with van der Waals surface area (Å²) in [6.45, 7) is 0. The maximum absolute atomic E-state index is 10.3. The van der Waals surface area contributed by atoms with Crippen LogP contribution in [0.1, 0.15) is 0 Å². The van der Waals surface area contributed by atoms with Crippen LogP contribution in [0.3, 0.4) is 0 Å². The van der Waals surface area contributed by atoms with Gasteiger partial charge in [0, 0.05) is 0 Å². The van der Waals surface area contributed by atoms with E-state index in [0.717, 1.165) is 0 Å². The zero-order chi connectivity index (χ0) is 16.5. The standard InChI is InChI=1S/C16H10.C6H4O2/c1-2-8-13-12(7-1)14-9-3-5-11-6-4-10-15(13)16(11)14;7-5-1-2-6(8)4-3-5/h1-10H;1-4H. The second kappa shape index (κ2) is 5.74. The van der Waals surface area contributed by atoms with E-state index in [1.165, 1.54) is 57.3 Å². The van der Waals surface area contributed by atoms with Crippen molar-refractivity contribution < 1.29 is 9.59 Å². The van der Waals surface area contributed by atoms with Crippen LogP contribution in [0.15, 0.2) is 85.0 Å². The summed E-state index contributed by atoms with van der Waals surface area (Å²) in [6.07, 6.45) is 5.01. The first-order chi connectivity index (χ1) is 11.7. The molecule has 0 fully saturated rings. The van der Waals surface area contributed by atoms with Crippen LogP contribution >= 0.6 is 0 Å². The molecule has 3 aromatic rings. The lowest BCUT2D eigenvalue weighted by Crippen LogP contribution is -1.97. The molecule has 2 heteroatoms. The average Bonchev–Trinajstić information content (AvgIpc) is 2.95. The van der Waals surface area contributed by atoms with Crippen molar-refractivity contribution in [1.29, 1.82) is 0 Å². The molecule has 0 saturated carbocycles. The Morgan fingerprint density at radius 3 is 1.33 bits per heavy atom. The fraction of sp³-hybridized carbons (Fsp3) is 0. The van der Waals surface area contributed by atoms with Crippen molar-refractivity contribution in [2.75, 3.05) is 0 Å². The van der Waals surface area contributed by atoms with Gasteiger partial charge in [0.2, 0.25) is 0 Å². The van der Waals surface area contributed by atoms with E-state index in [1.54, 1.807) is 0 Å². The molecule has 0 aromatic heterocycles. The number of allylic oxidation sites excluding steroid dienone is 4. The molecule has 0 unspecified atom stereocenters. The van der Waals surface area contributed by atoms with Crippen LogP contribution in [-0.2, 0) is 9.59 Å². The molecule has 0 radical (unpaired) electrons. The summed E-state index contributed by atoms with van der Waals surface area (Å²) in [4.78, 5) is 20.6. The van der Waals surface area contributed by atoms with E-state index < -0.39 is 0 Å². The SMILES string of the molecule is O=C1C=CC(=O)C=C1.c1ccc2c(c1)-c1cccc3cccc-2c13. The third-order valence-electron chi connectivity index (χ3n) is 4.24. The van der Waals surface area contributed by atoms with E-state index in [2.05, 4.69) is 60.7 Å². The normalized spacial score (nSPS) is 13.7. The van der Waals surface area contributed by atoms with Gasteiger partial charge in [-0.15, -0.1) is 0 Å². The Kier molecular flexibility index (Phi) is 3.43. The van der Waals surface area contributed by atoms with Crippen LogP contribution in [0.4, 0.5) is 0 Å². The van der Waals surface area contributed by atoms with Gasteiger partial charge in [-0.3, -0.25) is 9.59 Å². The third kappa shape index (κ3) is 2.38. The summed E-state index contributed by atoms with van der Waals surface area (Å²) in [5, 5.41) is 2.75. The fourth-order valence-corrected chi connectivity index (χ4v) is 3.18. The first-order valence-electron chi connectivity index (χ1n) is 7.79. The van der Waals surface area contributed by atoms with Crippen molar-refractivity contribution in [1.82, 2.24) is 0 Å². The molecule has 0 N–H and O–H groups in total. The van der Waals surface area contributed by atoms with Crippen molar-refractivity contribution in [2.45, 2.75) is 0 Å². The van der Waals surface area contributed by atoms with E-state index in [4.69, 9.17) is 0 Å². The van der Waals surface area contributed by atoms with Gasteiger partial charge in [-0.1, -0.05) is 60.7 Å². The molecule has 0 spiro atoms. The molecule has 114 valence electrons. The summed E-state index contributed by atoms with van der Waals surface area (Å²) in [6, 6.07) is 21.8. The van der Waals surface area contributed by atoms with Gasteiger partial charge in [0.05, 0.1) is 0 Å². The minimum Gasteiger partial charge on any atom is -0.290 e. The Morgan fingerprint density at radius 2 is 0.875 bits per heavy atom. The number of carbonyl (C=O) groups excluding carboxylic acids is 2. The lowest BCUT2D eigenvalue weighted by Gasteiger charge is -2.00. The summed E-state index contributed by atoms with van der Waals surface area (Å²) < 4.78 is 0. The predicted octanol–water partition coefficient (Wildman–Crippen LogP) is 4.74. The van der Waals surface area contributed by atoms with Crippen LogP contribution < -0.4 is 0 Å². The smallest absolute Gasteiger partial charge is 0.178 e. The van der Waals surface area contributed by atoms with Crippen LogP contribution in [0.5, 0.6) is 0 Å². The van der Waals surface area contributed by atoms with Gasteiger partial charge in [0.15, 0.2) is 11.6 Å². The maximum atomic E-state index is 10.3. The van der Waals surface area contributed by atoms with Crippen molar-refractivity contribution in [3.05, 3.63) is 85.0 Å². The van der Waals surface area contributed by atoms with Crippen LogP contribution in [0.25, 0.3) is 33.0 Å².